The lowest BCUT2D eigenvalue weighted by molar-refractivity contribution is 0.174. The van der Waals surface area contributed by atoms with Gasteiger partial charge in [0.15, 0.2) is 16.6 Å². The maximum absolute atomic E-state index is 5.51. The zero-order valence-corrected chi connectivity index (χ0v) is 15.9. The molecule has 4 rings (SSSR count). The van der Waals surface area contributed by atoms with E-state index in [1.54, 1.807) is 23.7 Å². The normalized spacial score (nSPS) is 13.0. The van der Waals surface area contributed by atoms with Crippen molar-refractivity contribution in [2.75, 3.05) is 12.1 Å². The van der Waals surface area contributed by atoms with E-state index in [2.05, 4.69) is 43.2 Å². The fourth-order valence-electron chi connectivity index (χ4n) is 2.91. The molecule has 134 valence electrons. The number of anilines is 2. The van der Waals surface area contributed by atoms with Crippen LogP contribution in [0.4, 0.5) is 10.8 Å². The molecule has 26 heavy (non-hydrogen) atoms. The molecule has 6 heteroatoms. The van der Waals surface area contributed by atoms with Crippen molar-refractivity contribution in [3.63, 3.8) is 0 Å². The molecular weight excluding hydrogens is 346 g/mol. The summed E-state index contributed by atoms with van der Waals surface area (Å²) < 4.78 is 10.9. The Hall–Kier alpha value is -2.60. The lowest BCUT2D eigenvalue weighted by atomic mass is 9.90. The Morgan fingerprint density at radius 1 is 1.08 bits per heavy atom. The predicted molar refractivity (Wildman–Crippen MR) is 104 cm³/mol. The summed E-state index contributed by atoms with van der Waals surface area (Å²) in [6.45, 7) is 6.89. The number of aromatic nitrogens is 2. The van der Waals surface area contributed by atoms with Crippen LogP contribution in [-0.4, -0.2) is 16.8 Å². The Bertz CT molecular complexity index is 917. The number of nitrogens with zero attached hydrogens (tertiary/aromatic N) is 2. The molecule has 3 heterocycles. The second kappa shape index (κ2) is 6.61. The Balaban J connectivity index is 1.63. The molecule has 0 fully saturated rings. The van der Waals surface area contributed by atoms with Gasteiger partial charge in [-0.1, -0.05) is 26.8 Å². The third-order valence-corrected chi connectivity index (χ3v) is 5.11. The number of hydrogen-bond donors (Lipinski definition) is 1. The van der Waals surface area contributed by atoms with E-state index in [-0.39, 0.29) is 5.41 Å². The van der Waals surface area contributed by atoms with Crippen LogP contribution in [0.3, 0.4) is 0 Å². The number of nitrogens with one attached hydrogen (secondary N) is 1. The molecule has 1 aliphatic rings. The minimum Gasteiger partial charge on any atom is -0.454 e. The number of ether oxygens (including phenoxy) is 2. The summed E-state index contributed by atoms with van der Waals surface area (Å²) in [6, 6.07) is 10.0. The van der Waals surface area contributed by atoms with Gasteiger partial charge in [0, 0.05) is 34.8 Å². The van der Waals surface area contributed by atoms with Gasteiger partial charge in [-0.3, -0.25) is 4.98 Å². The first-order valence-electron chi connectivity index (χ1n) is 8.55. The van der Waals surface area contributed by atoms with Gasteiger partial charge in [-0.15, -0.1) is 11.3 Å². The molecule has 0 amide bonds. The smallest absolute Gasteiger partial charge is 0.231 e. The van der Waals surface area contributed by atoms with E-state index in [9.17, 15) is 0 Å². The van der Waals surface area contributed by atoms with Crippen LogP contribution in [0.1, 0.15) is 36.9 Å². The minimum absolute atomic E-state index is 0.0274. The van der Waals surface area contributed by atoms with E-state index in [1.165, 1.54) is 10.4 Å². The summed E-state index contributed by atoms with van der Waals surface area (Å²) in [7, 11) is 0. The quantitative estimate of drug-likeness (QED) is 0.711. The van der Waals surface area contributed by atoms with Gasteiger partial charge < -0.3 is 14.8 Å². The van der Waals surface area contributed by atoms with Crippen LogP contribution in [0, 0.1) is 0 Å². The summed E-state index contributed by atoms with van der Waals surface area (Å²) in [5, 5.41) is 4.29. The van der Waals surface area contributed by atoms with Crippen molar-refractivity contribution >= 4 is 22.2 Å². The first-order chi connectivity index (χ1) is 12.5. The molecular formula is C20H21N3O2S. The highest BCUT2D eigenvalue weighted by molar-refractivity contribution is 7.15. The maximum Gasteiger partial charge on any atom is 0.231 e. The summed E-state index contributed by atoms with van der Waals surface area (Å²) in [6.07, 6.45) is 4.36. The van der Waals surface area contributed by atoms with Crippen molar-refractivity contribution < 1.29 is 9.47 Å². The van der Waals surface area contributed by atoms with Crippen LogP contribution in [0.25, 0.3) is 0 Å². The van der Waals surface area contributed by atoms with Gasteiger partial charge in [0.25, 0.3) is 0 Å². The van der Waals surface area contributed by atoms with Crippen LogP contribution in [-0.2, 0) is 11.8 Å². The molecule has 0 bridgehead atoms. The van der Waals surface area contributed by atoms with Gasteiger partial charge in [-0.25, -0.2) is 4.98 Å². The van der Waals surface area contributed by atoms with Crippen molar-refractivity contribution in [2.24, 2.45) is 0 Å². The highest BCUT2D eigenvalue weighted by Crippen LogP contribution is 2.37. The van der Waals surface area contributed by atoms with Crippen molar-refractivity contribution in [1.82, 2.24) is 9.97 Å². The highest BCUT2D eigenvalue weighted by atomic mass is 32.1. The zero-order chi connectivity index (χ0) is 18.1. The topological polar surface area (TPSA) is 56.3 Å². The second-order valence-corrected chi connectivity index (χ2v) is 8.35. The predicted octanol–water partition coefficient (Wildman–Crippen LogP) is 4.90. The number of pyridine rings is 1. The third kappa shape index (κ3) is 3.51. The molecule has 0 saturated carbocycles. The molecule has 2 aromatic heterocycles. The van der Waals surface area contributed by atoms with Crippen LogP contribution in [0.2, 0.25) is 0 Å². The molecule has 0 unspecified atom stereocenters. The molecule has 0 saturated heterocycles. The van der Waals surface area contributed by atoms with E-state index in [1.807, 2.05) is 18.2 Å². The lowest BCUT2D eigenvalue weighted by Crippen LogP contribution is -2.14. The highest BCUT2D eigenvalue weighted by Gasteiger charge is 2.24. The van der Waals surface area contributed by atoms with Gasteiger partial charge in [0.2, 0.25) is 6.79 Å². The van der Waals surface area contributed by atoms with Crippen LogP contribution >= 0.6 is 11.3 Å². The Labute approximate surface area is 157 Å². The Morgan fingerprint density at radius 3 is 2.62 bits per heavy atom. The van der Waals surface area contributed by atoms with E-state index in [0.717, 1.165) is 34.4 Å². The van der Waals surface area contributed by atoms with E-state index >= 15 is 0 Å². The van der Waals surface area contributed by atoms with Crippen molar-refractivity contribution in [1.29, 1.82) is 0 Å². The minimum atomic E-state index is -0.0274. The van der Waals surface area contributed by atoms with E-state index in [4.69, 9.17) is 14.5 Å². The fraction of sp³-hybridized carbons (Fsp3) is 0.300. The number of rotatable bonds is 4. The van der Waals surface area contributed by atoms with Gasteiger partial charge in [-0.05, 0) is 29.8 Å². The zero-order valence-electron chi connectivity index (χ0n) is 15.1. The van der Waals surface area contributed by atoms with Crippen LogP contribution in [0.5, 0.6) is 11.5 Å². The number of hydrogen-bond acceptors (Lipinski definition) is 6. The monoisotopic (exact) mass is 367 g/mol. The number of benzene rings is 1. The Kier molecular flexibility index (Phi) is 4.28. The van der Waals surface area contributed by atoms with Gasteiger partial charge >= 0.3 is 0 Å². The van der Waals surface area contributed by atoms with Crippen LogP contribution in [0.15, 0.2) is 42.7 Å². The number of thiazole rings is 1. The van der Waals surface area contributed by atoms with Gasteiger partial charge in [0.05, 0.1) is 5.69 Å². The van der Waals surface area contributed by atoms with E-state index < -0.39 is 0 Å². The molecule has 1 aromatic carbocycles. The second-order valence-electron chi connectivity index (χ2n) is 7.27. The molecule has 0 radical (unpaired) electrons. The molecule has 0 atom stereocenters. The Morgan fingerprint density at radius 2 is 1.85 bits per heavy atom. The summed E-state index contributed by atoms with van der Waals surface area (Å²) >= 11 is 1.69. The SMILES string of the molecule is CC(C)(C)c1nc(Nc2ccncc2)sc1Cc1ccc2c(c1)OCO2. The summed E-state index contributed by atoms with van der Waals surface area (Å²) in [5.74, 6) is 1.63. The average Bonchev–Trinajstić information content (AvgIpc) is 3.22. The van der Waals surface area contributed by atoms with Gasteiger partial charge in [0.1, 0.15) is 0 Å². The largest absolute Gasteiger partial charge is 0.454 e. The standard InChI is InChI=1S/C20H21N3O2S/c1-20(2,3)18-17(11-13-4-5-15-16(10-13)25-12-24-15)26-19(23-18)22-14-6-8-21-9-7-14/h4-10H,11-12H2,1-3H3,(H,21,22,23). The first kappa shape index (κ1) is 16.8. The fourth-order valence-corrected chi connectivity index (χ4v) is 4.13. The molecule has 1 aliphatic heterocycles. The summed E-state index contributed by atoms with van der Waals surface area (Å²) in [5.41, 5.74) is 3.28. The van der Waals surface area contributed by atoms with Crippen molar-refractivity contribution in [2.45, 2.75) is 32.6 Å². The number of fused-ring (bicyclic) bond motifs is 1. The third-order valence-electron chi connectivity index (χ3n) is 4.14. The van der Waals surface area contributed by atoms with Gasteiger partial charge in [-0.2, -0.15) is 0 Å². The first-order valence-corrected chi connectivity index (χ1v) is 9.36. The molecule has 0 spiro atoms. The molecule has 0 aliphatic carbocycles. The van der Waals surface area contributed by atoms with Crippen LogP contribution < -0.4 is 14.8 Å². The lowest BCUT2D eigenvalue weighted by Gasteiger charge is -2.17. The van der Waals surface area contributed by atoms with Crippen molar-refractivity contribution in [3.8, 4) is 11.5 Å². The average molecular weight is 367 g/mol. The summed E-state index contributed by atoms with van der Waals surface area (Å²) in [4.78, 5) is 10.2. The molecule has 3 aromatic rings. The van der Waals surface area contributed by atoms with Crippen molar-refractivity contribution in [3.05, 3.63) is 58.9 Å². The maximum atomic E-state index is 5.51. The molecule has 5 nitrogen and oxygen atoms in total. The van der Waals surface area contributed by atoms with E-state index in [0.29, 0.717) is 6.79 Å². The molecule has 1 N–H and O–H groups in total.